The molecule has 0 radical (unpaired) electrons. The van der Waals surface area contributed by atoms with Crippen molar-refractivity contribution >= 4 is 28.2 Å². The molecule has 3 aromatic rings. The van der Waals surface area contributed by atoms with E-state index in [9.17, 15) is 15.2 Å². The highest BCUT2D eigenvalue weighted by Crippen LogP contribution is 2.23. The molecule has 6 nitrogen and oxygen atoms in total. The average Bonchev–Trinajstić information content (AvgIpc) is 2.64. The summed E-state index contributed by atoms with van der Waals surface area (Å²) < 4.78 is 0. The molecule has 1 amide bonds. The Balaban J connectivity index is 1.82. The van der Waals surface area contributed by atoms with Crippen LogP contribution < -0.4 is 10.6 Å². The number of pyridine rings is 1. The fourth-order valence-electron chi connectivity index (χ4n) is 2.29. The SMILES string of the molecule is N#C/C(=C/Nc1cccc2cccnc12)C(=O)Nc1ccccc1O. The minimum atomic E-state index is -0.621. The summed E-state index contributed by atoms with van der Waals surface area (Å²) in [7, 11) is 0. The molecule has 3 N–H and O–H groups in total. The summed E-state index contributed by atoms with van der Waals surface area (Å²) in [6, 6.07) is 17.5. The van der Waals surface area contributed by atoms with E-state index in [1.165, 1.54) is 12.3 Å². The van der Waals surface area contributed by atoms with Gasteiger partial charge in [-0.25, -0.2) is 0 Å². The van der Waals surface area contributed by atoms with Crippen LogP contribution in [-0.2, 0) is 4.79 Å². The van der Waals surface area contributed by atoms with E-state index in [4.69, 9.17) is 0 Å². The van der Waals surface area contributed by atoms with Crippen LogP contribution in [0.2, 0.25) is 0 Å². The lowest BCUT2D eigenvalue weighted by Crippen LogP contribution is -2.14. The third-order valence-electron chi connectivity index (χ3n) is 3.52. The Morgan fingerprint density at radius 3 is 2.64 bits per heavy atom. The van der Waals surface area contributed by atoms with Crippen LogP contribution >= 0.6 is 0 Å². The lowest BCUT2D eigenvalue weighted by Gasteiger charge is -2.08. The normalized spacial score (nSPS) is 10.9. The third kappa shape index (κ3) is 3.57. The van der Waals surface area contributed by atoms with Gasteiger partial charge in [-0.1, -0.05) is 30.3 Å². The first-order valence-electron chi connectivity index (χ1n) is 7.49. The van der Waals surface area contributed by atoms with Crippen molar-refractivity contribution in [2.24, 2.45) is 0 Å². The van der Waals surface area contributed by atoms with Crippen molar-refractivity contribution in [3.63, 3.8) is 0 Å². The number of phenolic OH excluding ortho intramolecular Hbond substituents is 1. The molecule has 1 aromatic heterocycles. The number of para-hydroxylation sites is 3. The number of fused-ring (bicyclic) bond motifs is 1. The molecule has 25 heavy (non-hydrogen) atoms. The molecule has 2 aromatic carbocycles. The van der Waals surface area contributed by atoms with Gasteiger partial charge in [0.15, 0.2) is 0 Å². The first kappa shape index (κ1) is 16.0. The van der Waals surface area contributed by atoms with Crippen molar-refractivity contribution in [1.29, 1.82) is 5.26 Å². The van der Waals surface area contributed by atoms with Gasteiger partial charge in [0.1, 0.15) is 17.4 Å². The van der Waals surface area contributed by atoms with Crippen LogP contribution in [0.1, 0.15) is 0 Å². The van der Waals surface area contributed by atoms with Gasteiger partial charge < -0.3 is 15.7 Å². The minimum absolute atomic E-state index is 0.0700. The Kier molecular flexibility index (Phi) is 4.58. The number of hydrogen-bond donors (Lipinski definition) is 3. The molecule has 3 rings (SSSR count). The highest BCUT2D eigenvalue weighted by atomic mass is 16.3. The highest BCUT2D eigenvalue weighted by Gasteiger charge is 2.11. The van der Waals surface area contributed by atoms with Crippen LogP contribution in [0, 0.1) is 11.3 Å². The van der Waals surface area contributed by atoms with Crippen molar-refractivity contribution in [3.8, 4) is 11.8 Å². The number of benzene rings is 2. The predicted octanol–water partition coefficient (Wildman–Crippen LogP) is 3.40. The molecule has 0 aliphatic rings. The number of nitrogens with zero attached hydrogens (tertiary/aromatic N) is 2. The molecular formula is C19H14N4O2. The van der Waals surface area contributed by atoms with Gasteiger partial charge in [-0.05, 0) is 24.3 Å². The standard InChI is InChI=1S/C19H14N4O2/c20-11-14(19(25)23-15-7-1-2-9-17(15)24)12-22-16-8-3-5-13-6-4-10-21-18(13)16/h1-10,12,22,24H,(H,23,25)/b14-12-. The Morgan fingerprint density at radius 2 is 1.84 bits per heavy atom. The number of rotatable bonds is 4. The van der Waals surface area contributed by atoms with Gasteiger partial charge in [0.05, 0.1) is 16.9 Å². The molecule has 0 atom stereocenters. The number of phenols is 1. The molecule has 122 valence electrons. The number of nitrogens with one attached hydrogen (secondary N) is 2. The van der Waals surface area contributed by atoms with Crippen LogP contribution in [0.15, 0.2) is 72.6 Å². The number of anilines is 2. The van der Waals surface area contributed by atoms with Gasteiger partial charge in [0.25, 0.3) is 5.91 Å². The molecule has 0 unspecified atom stereocenters. The van der Waals surface area contributed by atoms with E-state index < -0.39 is 5.91 Å². The molecule has 0 bridgehead atoms. The van der Waals surface area contributed by atoms with Crippen LogP contribution in [-0.4, -0.2) is 16.0 Å². The van der Waals surface area contributed by atoms with Gasteiger partial charge in [0, 0.05) is 17.8 Å². The monoisotopic (exact) mass is 330 g/mol. The van der Waals surface area contributed by atoms with Crippen molar-refractivity contribution < 1.29 is 9.90 Å². The number of amides is 1. The fourth-order valence-corrected chi connectivity index (χ4v) is 2.29. The zero-order valence-electron chi connectivity index (χ0n) is 13.1. The van der Waals surface area contributed by atoms with Crippen LogP contribution in [0.25, 0.3) is 10.9 Å². The van der Waals surface area contributed by atoms with E-state index in [0.29, 0.717) is 5.69 Å². The Bertz CT molecular complexity index is 1000. The summed E-state index contributed by atoms with van der Waals surface area (Å²) in [5, 5.41) is 25.3. The summed E-state index contributed by atoms with van der Waals surface area (Å²) in [5.74, 6) is -0.691. The maximum absolute atomic E-state index is 12.2. The largest absolute Gasteiger partial charge is 0.506 e. The quantitative estimate of drug-likeness (QED) is 0.387. The maximum atomic E-state index is 12.2. The first-order valence-corrected chi connectivity index (χ1v) is 7.49. The van der Waals surface area contributed by atoms with Gasteiger partial charge in [-0.2, -0.15) is 5.26 Å². The zero-order valence-corrected chi connectivity index (χ0v) is 13.1. The topological polar surface area (TPSA) is 98.0 Å². The van der Waals surface area contributed by atoms with Crippen molar-refractivity contribution in [1.82, 2.24) is 4.98 Å². The molecule has 0 aliphatic carbocycles. The summed E-state index contributed by atoms with van der Waals surface area (Å²) in [6.45, 7) is 0. The second kappa shape index (κ2) is 7.15. The van der Waals surface area contributed by atoms with Gasteiger partial charge in [-0.15, -0.1) is 0 Å². The van der Waals surface area contributed by atoms with Gasteiger partial charge in [-0.3, -0.25) is 9.78 Å². The molecule has 0 spiro atoms. The van der Waals surface area contributed by atoms with E-state index in [1.54, 1.807) is 24.4 Å². The second-order valence-electron chi connectivity index (χ2n) is 5.17. The molecule has 0 saturated heterocycles. The highest BCUT2D eigenvalue weighted by molar-refractivity contribution is 6.07. The zero-order chi connectivity index (χ0) is 17.6. The van der Waals surface area contributed by atoms with Crippen molar-refractivity contribution in [2.75, 3.05) is 10.6 Å². The maximum Gasteiger partial charge on any atom is 0.267 e. The number of aromatic nitrogens is 1. The van der Waals surface area contributed by atoms with Crippen LogP contribution in [0.4, 0.5) is 11.4 Å². The molecule has 0 saturated carbocycles. The van der Waals surface area contributed by atoms with Crippen LogP contribution in [0.5, 0.6) is 5.75 Å². The molecule has 6 heteroatoms. The van der Waals surface area contributed by atoms with Gasteiger partial charge >= 0.3 is 0 Å². The number of aromatic hydroxyl groups is 1. The third-order valence-corrected chi connectivity index (χ3v) is 3.52. The number of nitriles is 1. The Hall–Kier alpha value is -3.85. The van der Waals surface area contributed by atoms with E-state index in [-0.39, 0.29) is 17.0 Å². The van der Waals surface area contributed by atoms with E-state index in [1.807, 2.05) is 36.4 Å². The lowest BCUT2D eigenvalue weighted by molar-refractivity contribution is -0.112. The summed E-state index contributed by atoms with van der Waals surface area (Å²) >= 11 is 0. The minimum Gasteiger partial charge on any atom is -0.506 e. The molecule has 0 aliphatic heterocycles. The lowest BCUT2D eigenvalue weighted by atomic mass is 10.2. The van der Waals surface area contributed by atoms with E-state index in [2.05, 4.69) is 15.6 Å². The number of hydrogen-bond acceptors (Lipinski definition) is 5. The fraction of sp³-hybridized carbons (Fsp3) is 0. The second-order valence-corrected chi connectivity index (χ2v) is 5.17. The Labute approximate surface area is 144 Å². The molecule has 1 heterocycles. The summed E-state index contributed by atoms with van der Waals surface area (Å²) in [4.78, 5) is 16.5. The molecular weight excluding hydrogens is 316 g/mol. The van der Waals surface area contributed by atoms with Crippen molar-refractivity contribution in [2.45, 2.75) is 0 Å². The van der Waals surface area contributed by atoms with E-state index >= 15 is 0 Å². The summed E-state index contributed by atoms with van der Waals surface area (Å²) in [6.07, 6.45) is 2.99. The van der Waals surface area contributed by atoms with Crippen molar-refractivity contribution in [3.05, 3.63) is 72.6 Å². The number of carbonyl (C=O) groups is 1. The van der Waals surface area contributed by atoms with Gasteiger partial charge in [0.2, 0.25) is 0 Å². The predicted molar refractivity (Wildman–Crippen MR) is 95.8 cm³/mol. The van der Waals surface area contributed by atoms with Crippen LogP contribution in [0.3, 0.4) is 0 Å². The summed E-state index contributed by atoms with van der Waals surface area (Å²) in [5.41, 5.74) is 1.53. The average molecular weight is 330 g/mol. The molecule has 0 fully saturated rings. The van der Waals surface area contributed by atoms with E-state index in [0.717, 1.165) is 10.9 Å². The smallest absolute Gasteiger partial charge is 0.267 e. The number of carbonyl (C=O) groups excluding carboxylic acids is 1. The Morgan fingerprint density at radius 1 is 1.08 bits per heavy atom. The first-order chi connectivity index (χ1) is 12.2.